The molecular weight excluding hydrogens is 371 g/mol. The van der Waals surface area contributed by atoms with Gasteiger partial charge in [0, 0.05) is 18.1 Å². The molecule has 0 atom stereocenters. The lowest BCUT2D eigenvalue weighted by Crippen LogP contribution is -2.37. The van der Waals surface area contributed by atoms with Gasteiger partial charge in [0.1, 0.15) is 0 Å². The van der Waals surface area contributed by atoms with Crippen LogP contribution in [0.25, 0.3) is 0 Å². The molecule has 24 heavy (non-hydrogen) atoms. The van der Waals surface area contributed by atoms with Crippen molar-refractivity contribution >= 4 is 52.1 Å². The number of nitrogens with one attached hydrogen (secondary N) is 1. The Morgan fingerprint density at radius 3 is 2.50 bits per heavy atom. The van der Waals surface area contributed by atoms with Crippen LogP contribution in [0, 0.1) is 0 Å². The number of benzene rings is 2. The van der Waals surface area contributed by atoms with E-state index in [4.69, 9.17) is 39.5 Å². The van der Waals surface area contributed by atoms with Gasteiger partial charge in [-0.1, -0.05) is 40.9 Å². The largest absolute Gasteiger partial charge is 0.378 e. The molecule has 1 saturated heterocycles. The molecule has 1 amide bonds. The topological polar surface area (TPSA) is 41.6 Å². The maximum atomic E-state index is 12.6. The van der Waals surface area contributed by atoms with E-state index in [2.05, 4.69) is 10.2 Å². The Kier molecular flexibility index (Phi) is 5.51. The Hall–Kier alpha value is -1.46. The van der Waals surface area contributed by atoms with Crippen molar-refractivity contribution in [2.24, 2.45) is 0 Å². The van der Waals surface area contributed by atoms with E-state index in [1.54, 1.807) is 30.3 Å². The number of hydrogen-bond donors (Lipinski definition) is 1. The zero-order valence-corrected chi connectivity index (χ0v) is 15.0. The quantitative estimate of drug-likeness (QED) is 0.830. The molecule has 2 aromatic carbocycles. The second-order valence-corrected chi connectivity index (χ2v) is 6.56. The number of ether oxygens (including phenoxy) is 1. The van der Waals surface area contributed by atoms with Crippen molar-refractivity contribution in [3.05, 3.63) is 57.0 Å². The van der Waals surface area contributed by atoms with Gasteiger partial charge in [-0.15, -0.1) is 0 Å². The van der Waals surface area contributed by atoms with Gasteiger partial charge in [-0.2, -0.15) is 0 Å². The van der Waals surface area contributed by atoms with Crippen LogP contribution in [0.5, 0.6) is 0 Å². The van der Waals surface area contributed by atoms with E-state index in [1.807, 2.05) is 6.07 Å². The van der Waals surface area contributed by atoms with Gasteiger partial charge >= 0.3 is 0 Å². The highest BCUT2D eigenvalue weighted by Crippen LogP contribution is 2.35. The Bertz CT molecular complexity index is 761. The Balaban J connectivity index is 1.89. The van der Waals surface area contributed by atoms with E-state index in [1.165, 1.54) is 0 Å². The van der Waals surface area contributed by atoms with Crippen LogP contribution in [-0.4, -0.2) is 32.2 Å². The lowest BCUT2D eigenvalue weighted by Gasteiger charge is -2.31. The number of halogens is 3. The minimum Gasteiger partial charge on any atom is -0.378 e. The summed E-state index contributed by atoms with van der Waals surface area (Å²) in [7, 11) is 0. The molecule has 3 rings (SSSR count). The third-order valence-corrected chi connectivity index (χ3v) is 4.59. The highest BCUT2D eigenvalue weighted by Gasteiger charge is 2.20. The first kappa shape index (κ1) is 17.4. The van der Waals surface area contributed by atoms with Crippen LogP contribution in [0.1, 0.15) is 10.4 Å². The second-order valence-electron chi connectivity index (χ2n) is 5.31. The van der Waals surface area contributed by atoms with Crippen molar-refractivity contribution in [3.63, 3.8) is 0 Å². The monoisotopic (exact) mass is 384 g/mol. The Morgan fingerprint density at radius 2 is 1.79 bits per heavy atom. The number of nitrogens with zero attached hydrogens (tertiary/aromatic N) is 1. The summed E-state index contributed by atoms with van der Waals surface area (Å²) in [6.07, 6.45) is 0. The van der Waals surface area contributed by atoms with Crippen molar-refractivity contribution in [1.82, 2.24) is 0 Å². The van der Waals surface area contributed by atoms with E-state index in [0.29, 0.717) is 52.6 Å². The van der Waals surface area contributed by atoms with Gasteiger partial charge < -0.3 is 15.0 Å². The highest BCUT2D eigenvalue weighted by molar-refractivity contribution is 6.37. The fraction of sp³-hybridized carbons (Fsp3) is 0.235. The zero-order valence-electron chi connectivity index (χ0n) is 12.7. The van der Waals surface area contributed by atoms with Crippen LogP contribution in [0.3, 0.4) is 0 Å². The predicted molar refractivity (Wildman–Crippen MR) is 98.9 cm³/mol. The van der Waals surface area contributed by atoms with Gasteiger partial charge in [0.25, 0.3) is 5.91 Å². The van der Waals surface area contributed by atoms with Gasteiger partial charge in [0.2, 0.25) is 0 Å². The molecule has 0 saturated carbocycles. The van der Waals surface area contributed by atoms with Gasteiger partial charge in [-0.25, -0.2) is 0 Å². The van der Waals surface area contributed by atoms with Crippen molar-refractivity contribution in [3.8, 4) is 0 Å². The van der Waals surface area contributed by atoms with Gasteiger partial charge in [0.15, 0.2) is 0 Å². The number of anilines is 2. The molecule has 1 heterocycles. The first-order valence-corrected chi connectivity index (χ1v) is 8.57. The fourth-order valence-electron chi connectivity index (χ4n) is 2.59. The van der Waals surface area contributed by atoms with Gasteiger partial charge in [0.05, 0.1) is 40.2 Å². The fourth-order valence-corrected chi connectivity index (χ4v) is 3.38. The molecule has 0 unspecified atom stereocenters. The first-order valence-electron chi connectivity index (χ1n) is 7.44. The molecule has 0 bridgehead atoms. The molecule has 126 valence electrons. The van der Waals surface area contributed by atoms with Gasteiger partial charge in [-0.05, 0) is 30.3 Å². The zero-order chi connectivity index (χ0) is 17.1. The summed E-state index contributed by atoms with van der Waals surface area (Å²) in [6, 6.07) is 10.2. The van der Waals surface area contributed by atoms with E-state index in [9.17, 15) is 4.79 Å². The van der Waals surface area contributed by atoms with E-state index in [-0.39, 0.29) is 5.91 Å². The lowest BCUT2D eigenvalue weighted by atomic mass is 10.2. The maximum absolute atomic E-state index is 12.6. The summed E-state index contributed by atoms with van der Waals surface area (Å²) in [5, 5.41) is 4.25. The van der Waals surface area contributed by atoms with Crippen LogP contribution < -0.4 is 10.2 Å². The third kappa shape index (κ3) is 3.78. The molecule has 1 fully saturated rings. The van der Waals surface area contributed by atoms with Gasteiger partial charge in [-0.3, -0.25) is 4.79 Å². The summed E-state index contributed by atoms with van der Waals surface area (Å²) < 4.78 is 5.38. The Labute approximate surface area is 155 Å². The van der Waals surface area contributed by atoms with Crippen LogP contribution >= 0.6 is 34.8 Å². The number of hydrogen-bond acceptors (Lipinski definition) is 3. The molecular formula is C17H15Cl3N2O2. The van der Waals surface area contributed by atoms with Crippen molar-refractivity contribution < 1.29 is 9.53 Å². The molecule has 0 spiro atoms. The SMILES string of the molecule is O=C(Nc1cccc(Cl)c1N1CCOCC1)c1ccc(Cl)cc1Cl. The molecule has 1 aliphatic heterocycles. The summed E-state index contributed by atoms with van der Waals surface area (Å²) >= 11 is 18.4. The minimum absolute atomic E-state index is 0.301. The van der Waals surface area contributed by atoms with Crippen LogP contribution in [-0.2, 0) is 4.74 Å². The average Bonchev–Trinajstić information content (AvgIpc) is 2.55. The smallest absolute Gasteiger partial charge is 0.257 e. The van der Waals surface area contributed by atoms with Crippen molar-refractivity contribution in [2.75, 3.05) is 36.5 Å². The highest BCUT2D eigenvalue weighted by atomic mass is 35.5. The van der Waals surface area contributed by atoms with Crippen molar-refractivity contribution in [2.45, 2.75) is 0 Å². The molecule has 0 aromatic heterocycles. The number of para-hydroxylation sites is 1. The summed E-state index contributed by atoms with van der Waals surface area (Å²) in [5.41, 5.74) is 1.79. The second kappa shape index (κ2) is 7.62. The van der Waals surface area contributed by atoms with Crippen molar-refractivity contribution in [1.29, 1.82) is 0 Å². The summed E-state index contributed by atoms with van der Waals surface area (Å²) in [4.78, 5) is 14.7. The molecule has 4 nitrogen and oxygen atoms in total. The van der Waals surface area contributed by atoms with Crippen LogP contribution in [0.2, 0.25) is 15.1 Å². The molecule has 0 aliphatic carbocycles. The predicted octanol–water partition coefficient (Wildman–Crippen LogP) is 4.74. The number of carbonyl (C=O) groups is 1. The molecule has 1 aliphatic rings. The van der Waals surface area contributed by atoms with E-state index in [0.717, 1.165) is 5.69 Å². The minimum atomic E-state index is -0.312. The van der Waals surface area contributed by atoms with Crippen LogP contribution in [0.4, 0.5) is 11.4 Å². The average molecular weight is 386 g/mol. The molecule has 0 radical (unpaired) electrons. The van der Waals surface area contributed by atoms with E-state index >= 15 is 0 Å². The summed E-state index contributed by atoms with van der Waals surface area (Å²) in [6.45, 7) is 2.69. The first-order chi connectivity index (χ1) is 11.6. The number of rotatable bonds is 3. The normalized spacial score (nSPS) is 14.5. The third-order valence-electron chi connectivity index (χ3n) is 3.74. The number of amides is 1. The molecule has 1 N–H and O–H groups in total. The molecule has 2 aromatic rings. The number of carbonyl (C=O) groups excluding carboxylic acids is 1. The Morgan fingerprint density at radius 1 is 1.04 bits per heavy atom. The lowest BCUT2D eigenvalue weighted by molar-refractivity contribution is 0.102. The van der Waals surface area contributed by atoms with E-state index < -0.39 is 0 Å². The standard InChI is InChI=1S/C17H15Cl3N2O2/c18-11-4-5-12(14(20)10-11)17(23)21-15-3-1-2-13(19)16(15)22-6-8-24-9-7-22/h1-5,10H,6-9H2,(H,21,23). The number of morpholine rings is 1. The summed E-state index contributed by atoms with van der Waals surface area (Å²) in [5.74, 6) is -0.312. The molecule has 7 heteroatoms. The maximum Gasteiger partial charge on any atom is 0.257 e. The van der Waals surface area contributed by atoms with Crippen LogP contribution in [0.15, 0.2) is 36.4 Å².